The Morgan fingerprint density at radius 2 is 1.79 bits per heavy atom. The fourth-order valence-corrected chi connectivity index (χ4v) is 3.52. The van der Waals surface area contributed by atoms with E-state index in [9.17, 15) is 9.59 Å². The van der Waals surface area contributed by atoms with Gasteiger partial charge in [0, 0.05) is 51.9 Å². The fourth-order valence-electron chi connectivity index (χ4n) is 3.52. The number of amides is 2. The molecule has 0 aliphatic carbocycles. The van der Waals surface area contributed by atoms with Gasteiger partial charge in [-0.25, -0.2) is 4.79 Å². The second-order valence-electron chi connectivity index (χ2n) is 8.79. The van der Waals surface area contributed by atoms with Crippen LogP contribution in [0.5, 0.6) is 0 Å². The molecular weight excluding hydrogens is 370 g/mol. The summed E-state index contributed by atoms with van der Waals surface area (Å²) >= 11 is 0. The molecule has 1 N–H and O–H groups in total. The Bertz CT molecular complexity index is 700. The van der Waals surface area contributed by atoms with Gasteiger partial charge < -0.3 is 15.0 Å². The third-order valence-corrected chi connectivity index (χ3v) is 5.26. The molecule has 0 bridgehead atoms. The lowest BCUT2D eigenvalue weighted by molar-refractivity contribution is -0.121. The molecule has 2 rings (SSSR count). The Kier molecular flexibility index (Phi) is 8.07. The number of nitrogens with one attached hydrogen (secondary N) is 1. The number of aryl methyl sites for hydroxylation is 2. The molecule has 2 amide bonds. The lowest BCUT2D eigenvalue weighted by atomic mass is 10.1. The minimum absolute atomic E-state index is 0.0856. The second kappa shape index (κ2) is 10.1. The largest absolute Gasteiger partial charge is 0.444 e. The van der Waals surface area contributed by atoms with Gasteiger partial charge in [-0.2, -0.15) is 5.10 Å². The van der Waals surface area contributed by atoms with Gasteiger partial charge in [0.25, 0.3) is 0 Å². The number of piperazine rings is 1. The number of nitrogens with zero attached hydrogens (tertiary/aromatic N) is 4. The molecule has 8 nitrogen and oxygen atoms in total. The van der Waals surface area contributed by atoms with Crippen molar-refractivity contribution in [2.75, 3.05) is 39.3 Å². The van der Waals surface area contributed by atoms with Crippen LogP contribution in [0, 0.1) is 13.8 Å². The summed E-state index contributed by atoms with van der Waals surface area (Å²) in [6.07, 6.45) is 1.89. The van der Waals surface area contributed by atoms with E-state index in [1.54, 1.807) is 4.90 Å². The van der Waals surface area contributed by atoms with Crippen LogP contribution in [0.1, 0.15) is 50.6 Å². The maximum atomic E-state index is 12.1. The van der Waals surface area contributed by atoms with Crippen LogP contribution < -0.4 is 5.32 Å². The Hall–Kier alpha value is -2.09. The molecule has 1 aliphatic heterocycles. The minimum Gasteiger partial charge on any atom is -0.444 e. The first-order valence-electron chi connectivity index (χ1n) is 10.5. The SMILES string of the molecule is Cc1nn(C)c(C)c1CCC(=O)NCCCN1CCN(C(=O)OC(C)(C)C)CC1. The van der Waals surface area contributed by atoms with E-state index < -0.39 is 5.60 Å². The van der Waals surface area contributed by atoms with Crippen molar-refractivity contribution in [3.63, 3.8) is 0 Å². The van der Waals surface area contributed by atoms with Gasteiger partial charge in [-0.1, -0.05) is 0 Å². The predicted octanol–water partition coefficient (Wildman–Crippen LogP) is 2.03. The quantitative estimate of drug-likeness (QED) is 0.700. The molecule has 1 aliphatic rings. The van der Waals surface area contributed by atoms with Crippen LogP contribution in [0.2, 0.25) is 0 Å². The number of carbonyl (C=O) groups excluding carboxylic acids is 2. The van der Waals surface area contributed by atoms with Crippen LogP contribution in [-0.2, 0) is 23.0 Å². The van der Waals surface area contributed by atoms with Gasteiger partial charge >= 0.3 is 6.09 Å². The van der Waals surface area contributed by atoms with Crippen molar-refractivity contribution in [2.24, 2.45) is 7.05 Å². The summed E-state index contributed by atoms with van der Waals surface area (Å²) in [5, 5.41) is 7.41. The Balaban J connectivity index is 1.59. The van der Waals surface area contributed by atoms with Crippen molar-refractivity contribution < 1.29 is 14.3 Å². The summed E-state index contributed by atoms with van der Waals surface area (Å²) < 4.78 is 7.29. The summed E-state index contributed by atoms with van der Waals surface area (Å²) in [4.78, 5) is 28.3. The highest BCUT2D eigenvalue weighted by molar-refractivity contribution is 5.76. The van der Waals surface area contributed by atoms with E-state index in [-0.39, 0.29) is 12.0 Å². The molecule has 0 saturated carbocycles. The van der Waals surface area contributed by atoms with E-state index in [1.165, 1.54) is 5.56 Å². The van der Waals surface area contributed by atoms with Crippen molar-refractivity contribution >= 4 is 12.0 Å². The molecule has 8 heteroatoms. The highest BCUT2D eigenvalue weighted by atomic mass is 16.6. The van der Waals surface area contributed by atoms with Crippen LogP contribution in [0.15, 0.2) is 0 Å². The molecule has 0 spiro atoms. The highest BCUT2D eigenvalue weighted by Gasteiger charge is 2.25. The molecule has 0 atom stereocenters. The Morgan fingerprint density at radius 1 is 1.14 bits per heavy atom. The monoisotopic (exact) mass is 407 g/mol. The van der Waals surface area contributed by atoms with Gasteiger partial charge in [-0.05, 0) is 59.6 Å². The van der Waals surface area contributed by atoms with Crippen LogP contribution in [0.3, 0.4) is 0 Å². The number of hydrogen-bond donors (Lipinski definition) is 1. The summed E-state index contributed by atoms with van der Waals surface area (Å²) in [5.74, 6) is 0.0856. The van der Waals surface area contributed by atoms with Crippen molar-refractivity contribution in [3.8, 4) is 0 Å². The third kappa shape index (κ3) is 7.34. The van der Waals surface area contributed by atoms with Crippen LogP contribution in [0.25, 0.3) is 0 Å². The topological polar surface area (TPSA) is 79.7 Å². The zero-order valence-electron chi connectivity index (χ0n) is 18.9. The van der Waals surface area contributed by atoms with Crippen molar-refractivity contribution in [1.82, 2.24) is 24.9 Å². The zero-order chi connectivity index (χ0) is 21.6. The van der Waals surface area contributed by atoms with E-state index in [0.29, 0.717) is 26.1 Å². The molecule has 164 valence electrons. The number of ether oxygens (including phenoxy) is 1. The Labute approximate surface area is 174 Å². The van der Waals surface area contributed by atoms with E-state index in [4.69, 9.17) is 4.74 Å². The van der Waals surface area contributed by atoms with Crippen molar-refractivity contribution in [3.05, 3.63) is 17.0 Å². The smallest absolute Gasteiger partial charge is 0.410 e. The average Bonchev–Trinajstić information content (AvgIpc) is 2.88. The van der Waals surface area contributed by atoms with Crippen molar-refractivity contribution in [1.29, 1.82) is 0 Å². The number of aromatic nitrogens is 2. The molecule has 1 fully saturated rings. The fraction of sp³-hybridized carbons (Fsp3) is 0.762. The first kappa shape index (κ1) is 23.2. The molecule has 1 saturated heterocycles. The lowest BCUT2D eigenvalue weighted by Gasteiger charge is -2.35. The molecule has 29 heavy (non-hydrogen) atoms. The molecule has 0 radical (unpaired) electrons. The summed E-state index contributed by atoms with van der Waals surface area (Å²) in [7, 11) is 1.93. The van der Waals surface area contributed by atoms with Crippen molar-refractivity contribution in [2.45, 2.75) is 59.5 Å². The zero-order valence-corrected chi connectivity index (χ0v) is 18.9. The summed E-state index contributed by atoms with van der Waals surface area (Å²) in [6.45, 7) is 14.3. The number of hydrogen-bond acceptors (Lipinski definition) is 5. The van der Waals surface area contributed by atoms with Gasteiger partial charge in [0.15, 0.2) is 0 Å². The normalized spacial score (nSPS) is 15.4. The number of rotatable bonds is 7. The molecular formula is C21H37N5O3. The van der Waals surface area contributed by atoms with Gasteiger partial charge in [0.1, 0.15) is 5.60 Å². The van der Waals surface area contributed by atoms with Crippen LogP contribution >= 0.6 is 0 Å². The highest BCUT2D eigenvalue weighted by Crippen LogP contribution is 2.14. The van der Waals surface area contributed by atoms with Crippen LogP contribution in [0.4, 0.5) is 4.79 Å². The molecule has 1 aromatic rings. The second-order valence-corrected chi connectivity index (χ2v) is 8.79. The van der Waals surface area contributed by atoms with E-state index in [1.807, 2.05) is 46.3 Å². The summed E-state index contributed by atoms with van der Waals surface area (Å²) in [6, 6.07) is 0. The maximum Gasteiger partial charge on any atom is 0.410 e. The van der Waals surface area contributed by atoms with Gasteiger partial charge in [0.2, 0.25) is 5.91 Å². The lowest BCUT2D eigenvalue weighted by Crippen LogP contribution is -2.50. The van der Waals surface area contributed by atoms with E-state index in [0.717, 1.165) is 43.9 Å². The number of carbonyl (C=O) groups is 2. The molecule has 0 unspecified atom stereocenters. The van der Waals surface area contributed by atoms with Gasteiger partial charge in [0.05, 0.1) is 5.69 Å². The van der Waals surface area contributed by atoms with Crippen LogP contribution in [-0.4, -0.2) is 76.5 Å². The molecule has 0 aromatic carbocycles. The van der Waals surface area contributed by atoms with E-state index >= 15 is 0 Å². The molecule has 2 heterocycles. The standard InChI is InChI=1S/C21H37N5O3/c1-16-18(17(2)24(6)23-16)8-9-19(27)22-10-7-11-25-12-14-26(15-13-25)20(28)29-21(3,4)5/h7-15H2,1-6H3,(H,22,27). The molecule has 1 aromatic heterocycles. The third-order valence-electron chi connectivity index (χ3n) is 5.26. The van der Waals surface area contributed by atoms with E-state index in [2.05, 4.69) is 15.3 Å². The first-order valence-corrected chi connectivity index (χ1v) is 10.5. The van der Waals surface area contributed by atoms with Gasteiger partial charge in [-0.15, -0.1) is 0 Å². The minimum atomic E-state index is -0.457. The maximum absolute atomic E-state index is 12.1. The predicted molar refractivity (Wildman–Crippen MR) is 113 cm³/mol. The average molecular weight is 408 g/mol. The first-order chi connectivity index (χ1) is 13.6. The Morgan fingerprint density at radius 3 is 2.34 bits per heavy atom. The summed E-state index contributed by atoms with van der Waals surface area (Å²) in [5.41, 5.74) is 2.84. The van der Waals surface area contributed by atoms with Gasteiger partial charge in [-0.3, -0.25) is 14.4 Å².